The predicted molar refractivity (Wildman–Crippen MR) is 159 cm³/mol. The molecule has 0 aromatic carbocycles. The maximum absolute atomic E-state index is 11.6. The van der Waals surface area contributed by atoms with E-state index in [4.69, 9.17) is 14.9 Å². The smallest absolute Gasteiger partial charge is 0.394 e. The van der Waals surface area contributed by atoms with Gasteiger partial charge in [0.05, 0.1) is 26.4 Å². The Bertz CT molecular complexity index is 575. The fourth-order valence-electron chi connectivity index (χ4n) is 4.23. The van der Waals surface area contributed by atoms with E-state index in [1.807, 2.05) is 0 Å². The second kappa shape index (κ2) is 29.2. The molecule has 0 radical (unpaired) electrons. The number of rotatable bonds is 31. The predicted octanol–water partition coefficient (Wildman–Crippen LogP) is 7.23. The van der Waals surface area contributed by atoms with E-state index in [0.29, 0.717) is 6.61 Å². The van der Waals surface area contributed by atoms with Gasteiger partial charge in [-0.2, -0.15) is 0 Å². The van der Waals surface area contributed by atoms with Crippen molar-refractivity contribution >= 4 is 7.82 Å². The lowest BCUT2D eigenvalue weighted by Crippen LogP contribution is -2.23. The fraction of sp³-hybridized carbons (Fsp3) is 0.933. The molecule has 0 aliphatic rings. The first-order valence-electron chi connectivity index (χ1n) is 15.7. The second-order valence-corrected chi connectivity index (χ2v) is 12.1. The van der Waals surface area contributed by atoms with Crippen LogP contribution in [0, 0.1) is 0 Å². The molecule has 0 aromatic rings. The van der Waals surface area contributed by atoms with Gasteiger partial charge in [-0.1, -0.05) is 115 Å². The summed E-state index contributed by atoms with van der Waals surface area (Å²) in [6, 6.07) is 0. The summed E-state index contributed by atoms with van der Waals surface area (Å²) in [6.07, 6.45) is 28.4. The van der Waals surface area contributed by atoms with E-state index in [0.717, 1.165) is 12.8 Å². The molecule has 0 aromatic heterocycles. The number of phosphoric ester groups is 1. The van der Waals surface area contributed by atoms with E-state index in [2.05, 4.69) is 28.1 Å². The number of aliphatic hydroxyl groups excluding tert-OH is 3. The molecule has 4 N–H and O–H groups in total. The van der Waals surface area contributed by atoms with Gasteiger partial charge in [0.15, 0.2) is 0 Å². The lowest BCUT2D eigenvalue weighted by Gasteiger charge is -2.16. The molecule has 0 rings (SSSR count). The molecular formula is C30H61O8P. The Balaban J connectivity index is 3.31. The molecule has 234 valence electrons. The van der Waals surface area contributed by atoms with Crippen LogP contribution in [0.2, 0.25) is 0 Å². The molecule has 8 nitrogen and oxygen atoms in total. The zero-order chi connectivity index (χ0) is 28.9. The van der Waals surface area contributed by atoms with Gasteiger partial charge in [-0.15, -0.1) is 0 Å². The van der Waals surface area contributed by atoms with E-state index in [1.54, 1.807) is 0 Å². The molecule has 0 amide bonds. The molecule has 0 aliphatic heterocycles. The highest BCUT2D eigenvalue weighted by molar-refractivity contribution is 7.47. The van der Waals surface area contributed by atoms with Crippen LogP contribution < -0.4 is 0 Å². The van der Waals surface area contributed by atoms with E-state index < -0.39 is 39.9 Å². The molecule has 0 saturated heterocycles. The zero-order valence-corrected chi connectivity index (χ0v) is 25.8. The van der Waals surface area contributed by atoms with Crippen LogP contribution in [0.15, 0.2) is 12.2 Å². The first-order valence-corrected chi connectivity index (χ1v) is 17.2. The van der Waals surface area contributed by atoms with Crippen molar-refractivity contribution in [2.75, 3.05) is 33.0 Å². The SMILES string of the molecule is CCCCCCCCCC/C=C\CCCCCCCCCCCCOCC(O)COP(=O)(O)OCC(O)CO. The van der Waals surface area contributed by atoms with E-state index in [9.17, 15) is 14.6 Å². The second-order valence-electron chi connectivity index (χ2n) is 10.7. The minimum absolute atomic E-state index is 0.00824. The van der Waals surface area contributed by atoms with Crippen LogP contribution in [0.4, 0.5) is 0 Å². The Hall–Kier alpha value is -0.310. The van der Waals surface area contributed by atoms with E-state index in [-0.39, 0.29) is 6.61 Å². The van der Waals surface area contributed by atoms with Gasteiger partial charge in [-0.3, -0.25) is 9.05 Å². The summed E-state index contributed by atoms with van der Waals surface area (Å²) in [5, 5.41) is 27.6. The van der Waals surface area contributed by atoms with E-state index >= 15 is 0 Å². The highest BCUT2D eigenvalue weighted by Crippen LogP contribution is 2.43. The molecule has 0 bridgehead atoms. The lowest BCUT2D eigenvalue weighted by molar-refractivity contribution is -0.00437. The van der Waals surface area contributed by atoms with Crippen LogP contribution in [0.5, 0.6) is 0 Å². The third-order valence-corrected chi connectivity index (χ3v) is 7.63. The Morgan fingerprint density at radius 3 is 1.49 bits per heavy atom. The summed E-state index contributed by atoms with van der Waals surface area (Å²) in [6.45, 7) is 1.27. The summed E-state index contributed by atoms with van der Waals surface area (Å²) < 4.78 is 26.2. The van der Waals surface area contributed by atoms with Crippen LogP contribution in [0.25, 0.3) is 0 Å². The van der Waals surface area contributed by atoms with Gasteiger partial charge >= 0.3 is 7.82 Å². The topological polar surface area (TPSA) is 126 Å². The van der Waals surface area contributed by atoms with Crippen molar-refractivity contribution in [1.82, 2.24) is 0 Å². The highest BCUT2D eigenvalue weighted by Gasteiger charge is 2.24. The van der Waals surface area contributed by atoms with Crippen molar-refractivity contribution in [1.29, 1.82) is 0 Å². The van der Waals surface area contributed by atoms with Crippen molar-refractivity contribution in [3.8, 4) is 0 Å². The van der Waals surface area contributed by atoms with Crippen LogP contribution in [0.3, 0.4) is 0 Å². The molecular weight excluding hydrogens is 519 g/mol. The third-order valence-electron chi connectivity index (χ3n) is 6.68. The third kappa shape index (κ3) is 30.5. The Labute approximate surface area is 239 Å². The largest absolute Gasteiger partial charge is 0.472 e. The summed E-state index contributed by atoms with van der Waals surface area (Å²) in [7, 11) is -4.39. The molecule has 39 heavy (non-hydrogen) atoms. The molecule has 0 aliphatic carbocycles. The Kier molecular flexibility index (Phi) is 29.0. The summed E-state index contributed by atoms with van der Waals surface area (Å²) in [4.78, 5) is 9.43. The van der Waals surface area contributed by atoms with Crippen molar-refractivity contribution < 1.29 is 38.6 Å². The van der Waals surface area contributed by atoms with Gasteiger partial charge in [-0.05, 0) is 32.1 Å². The fourth-order valence-corrected chi connectivity index (χ4v) is 5.03. The minimum atomic E-state index is -4.39. The van der Waals surface area contributed by atoms with Gasteiger partial charge in [0, 0.05) is 6.61 Å². The Morgan fingerprint density at radius 2 is 1.03 bits per heavy atom. The number of hydrogen-bond donors (Lipinski definition) is 4. The van der Waals surface area contributed by atoms with Crippen LogP contribution in [-0.2, 0) is 18.3 Å². The van der Waals surface area contributed by atoms with Crippen LogP contribution in [0.1, 0.15) is 135 Å². The summed E-state index contributed by atoms with van der Waals surface area (Å²) in [5.41, 5.74) is 0. The maximum Gasteiger partial charge on any atom is 0.472 e. The normalized spacial score (nSPS) is 15.1. The number of aliphatic hydroxyl groups is 3. The number of allylic oxidation sites excluding steroid dienone is 2. The maximum atomic E-state index is 11.6. The monoisotopic (exact) mass is 580 g/mol. The van der Waals surface area contributed by atoms with Crippen molar-refractivity contribution in [3.05, 3.63) is 12.2 Å². The quantitative estimate of drug-likeness (QED) is 0.0384. The highest BCUT2D eigenvalue weighted by atomic mass is 31.2. The molecule has 0 saturated carbocycles. The van der Waals surface area contributed by atoms with Crippen molar-refractivity contribution in [2.24, 2.45) is 0 Å². The molecule has 3 unspecified atom stereocenters. The van der Waals surface area contributed by atoms with Gasteiger partial charge in [0.1, 0.15) is 12.2 Å². The molecule has 0 spiro atoms. The molecule has 0 fully saturated rings. The number of phosphoric acid groups is 1. The Morgan fingerprint density at radius 1 is 0.615 bits per heavy atom. The first-order chi connectivity index (χ1) is 18.9. The van der Waals surface area contributed by atoms with Gasteiger partial charge in [-0.25, -0.2) is 4.57 Å². The van der Waals surface area contributed by atoms with Crippen molar-refractivity contribution in [2.45, 2.75) is 148 Å². The number of unbranched alkanes of at least 4 members (excludes halogenated alkanes) is 18. The number of hydrogen-bond acceptors (Lipinski definition) is 7. The average Bonchev–Trinajstić information content (AvgIpc) is 2.93. The van der Waals surface area contributed by atoms with Gasteiger partial charge < -0.3 is 24.9 Å². The summed E-state index contributed by atoms with van der Waals surface area (Å²) in [5.74, 6) is 0. The zero-order valence-electron chi connectivity index (χ0n) is 24.9. The standard InChI is InChI=1S/C30H61O8P/c1-2-3-4-5-6-7-8-9-10-11-12-13-14-15-16-17-18-19-20-21-22-23-24-36-26-30(33)28-38-39(34,35)37-27-29(32)25-31/h11-12,29-33H,2-10,13-28H2,1H3,(H,34,35)/b12-11-. The van der Waals surface area contributed by atoms with Gasteiger partial charge in [0.2, 0.25) is 0 Å². The average molecular weight is 581 g/mol. The lowest BCUT2D eigenvalue weighted by atomic mass is 10.1. The molecule has 0 heterocycles. The number of ether oxygens (including phenoxy) is 1. The minimum Gasteiger partial charge on any atom is -0.394 e. The van der Waals surface area contributed by atoms with Crippen LogP contribution in [-0.4, -0.2) is 65.5 Å². The molecule has 3 atom stereocenters. The van der Waals surface area contributed by atoms with E-state index in [1.165, 1.54) is 116 Å². The van der Waals surface area contributed by atoms with Gasteiger partial charge in [0.25, 0.3) is 0 Å². The molecule has 9 heteroatoms. The van der Waals surface area contributed by atoms with Crippen LogP contribution >= 0.6 is 7.82 Å². The first kappa shape index (κ1) is 38.7. The summed E-state index contributed by atoms with van der Waals surface area (Å²) >= 11 is 0. The van der Waals surface area contributed by atoms with Crippen molar-refractivity contribution in [3.63, 3.8) is 0 Å².